The van der Waals surface area contributed by atoms with Crippen molar-refractivity contribution in [2.75, 3.05) is 14.1 Å². The average Bonchev–Trinajstić information content (AvgIpc) is 2.57. The molecule has 0 aromatic heterocycles. The maximum absolute atomic E-state index is 11.2. The highest BCUT2D eigenvalue weighted by molar-refractivity contribution is 7.48. The van der Waals surface area contributed by atoms with Crippen molar-refractivity contribution in [1.29, 1.82) is 0 Å². The second-order valence-corrected chi connectivity index (χ2v) is 11.6. The smallest absolute Gasteiger partial charge is 0.123 e. The number of benzene rings is 2. The van der Waals surface area contributed by atoms with Crippen LogP contribution in [-0.4, -0.2) is 24.1 Å². The molecule has 0 fully saturated rings. The van der Waals surface area contributed by atoms with Gasteiger partial charge in [0.15, 0.2) is 0 Å². The number of phenols is 1. The van der Waals surface area contributed by atoms with Crippen molar-refractivity contribution in [3.8, 4) is 5.75 Å². The molecule has 2 atom stereocenters. The summed E-state index contributed by atoms with van der Waals surface area (Å²) < 4.78 is 0. The molecule has 0 aliphatic carbocycles. The van der Waals surface area contributed by atoms with Crippen LogP contribution in [-0.2, 0) is 17.1 Å². The van der Waals surface area contributed by atoms with Crippen LogP contribution in [0.4, 0.5) is 0 Å². The highest BCUT2D eigenvalue weighted by atomic mass is 31.1. The molecule has 3 heteroatoms. The molecule has 1 N–H and O–H groups in total. The summed E-state index contributed by atoms with van der Waals surface area (Å²) in [5, 5.41) is 12.6. The maximum atomic E-state index is 11.2. The summed E-state index contributed by atoms with van der Waals surface area (Å²) in [6, 6.07) is 11.2. The Bertz CT molecular complexity index is 835. The van der Waals surface area contributed by atoms with Gasteiger partial charge in [-0.1, -0.05) is 84.7 Å². The van der Waals surface area contributed by atoms with Crippen LogP contribution in [0.15, 0.2) is 30.3 Å². The van der Waals surface area contributed by atoms with Gasteiger partial charge in [-0.25, -0.2) is 0 Å². The van der Waals surface area contributed by atoms with Crippen molar-refractivity contribution in [1.82, 2.24) is 4.90 Å². The van der Waals surface area contributed by atoms with Crippen LogP contribution >= 0.6 is 8.58 Å². The first-order valence-corrected chi connectivity index (χ1v) is 11.2. The molecule has 154 valence electrons. The fraction of sp³-hybridized carbons (Fsp3) is 0.520. The number of nitrogens with zero attached hydrogens (tertiary/aromatic N) is 1. The summed E-state index contributed by atoms with van der Waals surface area (Å²) in [4.78, 5) is 2.23. The number of rotatable bonds is 6. The Balaban J connectivity index is 2.57. The lowest BCUT2D eigenvalue weighted by molar-refractivity contribution is 0.403. The largest absolute Gasteiger partial charge is 0.507 e. The van der Waals surface area contributed by atoms with Gasteiger partial charge in [-0.15, -0.1) is 0 Å². The number of aryl methyl sites for hydroxylation is 2. The predicted molar refractivity (Wildman–Crippen MR) is 126 cm³/mol. The maximum Gasteiger partial charge on any atom is 0.123 e. The summed E-state index contributed by atoms with van der Waals surface area (Å²) in [6.07, 6.45) is 0.987. The van der Waals surface area contributed by atoms with Crippen LogP contribution in [0.5, 0.6) is 5.75 Å². The lowest BCUT2D eigenvalue weighted by atomic mass is 9.82. The van der Waals surface area contributed by atoms with Gasteiger partial charge in [0.1, 0.15) is 5.75 Å². The van der Waals surface area contributed by atoms with Gasteiger partial charge < -0.3 is 10.0 Å². The number of hydrogen-bond donors (Lipinski definition) is 1. The summed E-state index contributed by atoms with van der Waals surface area (Å²) in [6.45, 7) is 16.3. The number of phenolic OH excluding ortho intramolecular Hbond substituents is 1. The monoisotopic (exact) mass is 399 g/mol. The minimum atomic E-state index is -0.0908. The fourth-order valence-electron chi connectivity index (χ4n) is 3.73. The van der Waals surface area contributed by atoms with Gasteiger partial charge in [0.2, 0.25) is 0 Å². The Hall–Kier alpha value is -1.37. The van der Waals surface area contributed by atoms with E-state index in [9.17, 15) is 5.11 Å². The van der Waals surface area contributed by atoms with E-state index in [4.69, 9.17) is 0 Å². The zero-order valence-corrected chi connectivity index (χ0v) is 20.2. The van der Waals surface area contributed by atoms with Crippen molar-refractivity contribution in [3.63, 3.8) is 0 Å². The van der Waals surface area contributed by atoms with E-state index >= 15 is 0 Å². The van der Waals surface area contributed by atoms with Crippen molar-refractivity contribution in [3.05, 3.63) is 58.1 Å². The van der Waals surface area contributed by atoms with Crippen molar-refractivity contribution in [2.45, 2.75) is 72.0 Å². The molecule has 2 aromatic rings. The molecular formula is C25H38NOP. The van der Waals surface area contributed by atoms with E-state index in [-0.39, 0.29) is 10.6 Å². The molecule has 0 saturated heterocycles. The van der Waals surface area contributed by atoms with Gasteiger partial charge in [-0.3, -0.25) is 0 Å². The fourth-order valence-corrected chi connectivity index (χ4v) is 5.31. The lowest BCUT2D eigenvalue weighted by Crippen LogP contribution is -2.24. The third-order valence-corrected chi connectivity index (χ3v) is 7.45. The van der Waals surface area contributed by atoms with E-state index in [0.717, 1.165) is 24.1 Å². The second kappa shape index (κ2) is 8.56. The second-order valence-electron chi connectivity index (χ2n) is 9.67. The first-order chi connectivity index (χ1) is 12.9. The molecule has 0 aliphatic heterocycles. The van der Waals surface area contributed by atoms with Crippen molar-refractivity contribution < 1.29 is 5.11 Å². The minimum Gasteiger partial charge on any atom is -0.507 e. The van der Waals surface area contributed by atoms with Gasteiger partial charge in [-0.2, -0.15) is 0 Å². The molecule has 0 spiro atoms. The van der Waals surface area contributed by atoms with E-state index < -0.39 is 0 Å². The van der Waals surface area contributed by atoms with E-state index in [1.165, 1.54) is 22.0 Å². The van der Waals surface area contributed by atoms with E-state index in [2.05, 4.69) is 97.8 Å². The number of hydrogen-bond acceptors (Lipinski definition) is 2. The normalized spacial score (nSPS) is 14.8. The Morgan fingerprint density at radius 1 is 0.929 bits per heavy atom. The molecule has 2 nitrogen and oxygen atoms in total. The number of aromatic hydroxyl groups is 1. The van der Waals surface area contributed by atoms with Crippen molar-refractivity contribution in [2.24, 2.45) is 0 Å². The van der Waals surface area contributed by atoms with Crippen LogP contribution < -0.4 is 5.30 Å². The third kappa shape index (κ3) is 5.16. The van der Waals surface area contributed by atoms with Gasteiger partial charge in [0.05, 0.1) is 0 Å². The van der Waals surface area contributed by atoms with E-state index in [1.54, 1.807) is 0 Å². The minimum absolute atomic E-state index is 0.0808. The zero-order chi connectivity index (χ0) is 21.3. The summed E-state index contributed by atoms with van der Waals surface area (Å²) in [5.74, 6) is 0.483. The molecule has 2 unspecified atom stereocenters. The Morgan fingerprint density at radius 2 is 1.54 bits per heavy atom. The molecule has 28 heavy (non-hydrogen) atoms. The first kappa shape index (κ1) is 22.9. The van der Waals surface area contributed by atoms with Crippen LogP contribution in [0.25, 0.3) is 0 Å². The van der Waals surface area contributed by atoms with Gasteiger partial charge in [0, 0.05) is 17.3 Å². The molecule has 0 amide bonds. The van der Waals surface area contributed by atoms with Crippen LogP contribution in [0.1, 0.15) is 68.9 Å². The molecule has 0 bridgehead atoms. The summed E-state index contributed by atoms with van der Waals surface area (Å²) in [7, 11) is 4.85. The van der Waals surface area contributed by atoms with Crippen LogP contribution in [0.3, 0.4) is 0 Å². The molecule has 0 heterocycles. The van der Waals surface area contributed by atoms with Gasteiger partial charge >= 0.3 is 0 Å². The molecule has 2 aromatic carbocycles. The quantitative estimate of drug-likeness (QED) is 0.603. The molecule has 0 saturated carbocycles. The van der Waals surface area contributed by atoms with Gasteiger partial charge in [0.25, 0.3) is 0 Å². The summed E-state index contributed by atoms with van der Waals surface area (Å²) >= 11 is 0. The molecular weight excluding hydrogens is 361 g/mol. The molecule has 2 rings (SSSR count). The highest BCUT2D eigenvalue weighted by Crippen LogP contribution is 2.50. The molecule has 0 radical (unpaired) electrons. The standard InChI is InChI=1S/C25H38NOP/c1-10-25(7,21-15-18(3)14-20(23(21)27)24(4,5)6)28-22-12-11-17(2)13-19(22)16-26(8)9/h11-15,27-28H,10,16H2,1-9H3. The third-order valence-electron chi connectivity index (χ3n) is 5.52. The predicted octanol–water partition coefficient (Wildman–Crippen LogP) is 6.00. The average molecular weight is 400 g/mol. The van der Waals surface area contributed by atoms with Crippen LogP contribution in [0, 0.1) is 13.8 Å². The SMILES string of the molecule is CCC(C)(Pc1ccc(C)cc1CN(C)C)c1cc(C)cc(C(C)(C)C)c1O. The van der Waals surface area contributed by atoms with Crippen molar-refractivity contribution >= 4 is 13.9 Å². The Kier molecular flexibility index (Phi) is 7.00. The highest BCUT2D eigenvalue weighted by Gasteiger charge is 2.32. The molecule has 0 aliphatic rings. The topological polar surface area (TPSA) is 23.5 Å². The first-order valence-electron chi connectivity index (χ1n) is 10.2. The Labute approximate surface area is 174 Å². The van der Waals surface area contributed by atoms with Crippen LogP contribution in [0.2, 0.25) is 0 Å². The van der Waals surface area contributed by atoms with E-state index in [1.807, 2.05) is 0 Å². The van der Waals surface area contributed by atoms with E-state index in [0.29, 0.717) is 14.3 Å². The summed E-state index contributed by atoms with van der Waals surface area (Å²) in [5.41, 5.74) is 5.98. The van der Waals surface area contributed by atoms with Gasteiger partial charge in [-0.05, 0) is 56.2 Å². The lowest BCUT2D eigenvalue weighted by Gasteiger charge is -2.34. The zero-order valence-electron chi connectivity index (χ0n) is 19.2. The Morgan fingerprint density at radius 3 is 2.07 bits per heavy atom.